The molecule has 3 nitrogen and oxygen atoms in total. The van der Waals surface area contributed by atoms with Gasteiger partial charge in [0.1, 0.15) is 5.82 Å². The van der Waals surface area contributed by atoms with Crippen LogP contribution in [0.3, 0.4) is 0 Å². The lowest BCUT2D eigenvalue weighted by molar-refractivity contribution is -0.127. The Hall–Kier alpha value is -1.13. The molecule has 5 heteroatoms. The maximum Gasteiger partial charge on any atom is 0.230 e. The summed E-state index contributed by atoms with van der Waals surface area (Å²) in [5, 5.41) is 3.22. The summed E-state index contributed by atoms with van der Waals surface area (Å²) in [5.74, 6) is -0.636. The lowest BCUT2D eigenvalue weighted by Crippen LogP contribution is -2.53. The van der Waals surface area contributed by atoms with Gasteiger partial charge in [-0.1, -0.05) is 23.7 Å². The Kier molecular flexibility index (Phi) is 3.94. The van der Waals surface area contributed by atoms with Crippen LogP contribution in [0.4, 0.5) is 4.39 Å². The Morgan fingerprint density at radius 2 is 2.09 bits per heavy atom. The fourth-order valence-corrected chi connectivity index (χ4v) is 3.12. The lowest BCUT2D eigenvalue weighted by atomic mass is 9.83. The van der Waals surface area contributed by atoms with E-state index in [1.54, 1.807) is 26.0 Å². The second-order valence-electron chi connectivity index (χ2n) is 7.09. The summed E-state index contributed by atoms with van der Waals surface area (Å²) in [4.78, 5) is 15.1. The molecule has 120 valence electrons. The minimum absolute atomic E-state index is 0.0556. The van der Waals surface area contributed by atoms with Crippen LogP contribution in [0.25, 0.3) is 0 Å². The summed E-state index contributed by atoms with van der Waals surface area (Å²) in [5.41, 5.74) is -0.708. The highest BCUT2D eigenvalue weighted by Crippen LogP contribution is 2.39. The number of amides is 1. The van der Waals surface area contributed by atoms with Crippen LogP contribution in [0, 0.1) is 5.82 Å². The zero-order valence-corrected chi connectivity index (χ0v) is 13.8. The molecular weight excluding hydrogens is 303 g/mol. The minimum atomic E-state index is -0.945. The molecule has 1 aliphatic carbocycles. The molecule has 2 aliphatic rings. The standard InChI is InChI=1S/C17H22ClFN2O/c1-16(2,12-5-3-6-13(18)14(12)19)15(22)20-17(7-8-17)11-21-9-4-10-21/h3,5-6H,4,7-11H2,1-2H3,(H,20,22). The Morgan fingerprint density at radius 1 is 1.41 bits per heavy atom. The average molecular weight is 325 g/mol. The maximum atomic E-state index is 14.3. The molecule has 0 atom stereocenters. The summed E-state index contributed by atoms with van der Waals surface area (Å²) >= 11 is 5.85. The molecule has 0 unspecified atom stereocenters. The van der Waals surface area contributed by atoms with Crippen LogP contribution in [0.1, 0.15) is 38.7 Å². The maximum absolute atomic E-state index is 14.3. The molecular formula is C17H22ClFN2O. The summed E-state index contributed by atoms with van der Waals surface area (Å²) in [6, 6.07) is 4.82. The predicted molar refractivity (Wildman–Crippen MR) is 85.6 cm³/mol. The third-order valence-electron chi connectivity index (χ3n) is 4.90. The molecule has 1 heterocycles. The molecule has 1 aromatic carbocycles. The summed E-state index contributed by atoms with van der Waals surface area (Å²) < 4.78 is 14.3. The first-order chi connectivity index (χ1) is 10.3. The zero-order valence-electron chi connectivity index (χ0n) is 13.1. The molecule has 1 aromatic rings. The number of hydrogen-bond acceptors (Lipinski definition) is 2. The van der Waals surface area contributed by atoms with Crippen molar-refractivity contribution in [3.63, 3.8) is 0 Å². The second kappa shape index (κ2) is 5.50. The molecule has 1 saturated carbocycles. The minimum Gasteiger partial charge on any atom is -0.349 e. The summed E-state index contributed by atoms with van der Waals surface area (Å²) in [6.07, 6.45) is 3.25. The van der Waals surface area contributed by atoms with Gasteiger partial charge in [0.05, 0.1) is 16.0 Å². The van der Waals surface area contributed by atoms with Crippen LogP contribution in [0.2, 0.25) is 5.02 Å². The van der Waals surface area contributed by atoms with Gasteiger partial charge in [-0.3, -0.25) is 4.79 Å². The average Bonchev–Trinajstić information content (AvgIpc) is 3.17. The smallest absolute Gasteiger partial charge is 0.230 e. The normalized spacial score (nSPS) is 20.4. The van der Waals surface area contributed by atoms with E-state index in [9.17, 15) is 9.18 Å². The summed E-state index contributed by atoms with van der Waals surface area (Å²) in [6.45, 7) is 6.63. The van der Waals surface area contributed by atoms with Gasteiger partial charge in [0.15, 0.2) is 0 Å². The number of benzene rings is 1. The number of halogens is 2. The van der Waals surface area contributed by atoms with E-state index < -0.39 is 11.2 Å². The van der Waals surface area contributed by atoms with Crippen LogP contribution >= 0.6 is 11.6 Å². The number of nitrogens with one attached hydrogen (secondary N) is 1. The SMILES string of the molecule is CC(C)(C(=O)NC1(CN2CCC2)CC1)c1cccc(Cl)c1F. The van der Waals surface area contributed by atoms with Crippen molar-refractivity contribution in [2.75, 3.05) is 19.6 Å². The lowest BCUT2D eigenvalue weighted by Gasteiger charge is -2.36. The Labute approximate surface area is 135 Å². The van der Waals surface area contributed by atoms with Gasteiger partial charge in [0, 0.05) is 12.1 Å². The Bertz CT molecular complexity index is 594. The molecule has 3 rings (SSSR count). The molecule has 1 amide bonds. The fraction of sp³-hybridized carbons (Fsp3) is 0.588. The number of nitrogens with zero attached hydrogens (tertiary/aromatic N) is 1. The number of carbonyl (C=O) groups excluding carboxylic acids is 1. The van der Waals surface area contributed by atoms with Crippen LogP contribution in [-0.2, 0) is 10.2 Å². The third kappa shape index (κ3) is 2.86. The van der Waals surface area contributed by atoms with Crippen molar-refractivity contribution >= 4 is 17.5 Å². The highest BCUT2D eigenvalue weighted by molar-refractivity contribution is 6.30. The molecule has 0 radical (unpaired) electrons. The van der Waals surface area contributed by atoms with E-state index in [1.165, 1.54) is 12.5 Å². The second-order valence-corrected chi connectivity index (χ2v) is 7.50. The Morgan fingerprint density at radius 3 is 2.64 bits per heavy atom. The van der Waals surface area contributed by atoms with Crippen LogP contribution in [-0.4, -0.2) is 36.0 Å². The molecule has 1 N–H and O–H groups in total. The molecule has 1 aliphatic heterocycles. The molecule has 22 heavy (non-hydrogen) atoms. The first-order valence-corrected chi connectivity index (χ1v) is 8.21. The molecule has 0 spiro atoms. The number of likely N-dealkylation sites (tertiary alicyclic amines) is 1. The van der Waals surface area contributed by atoms with Gasteiger partial charge < -0.3 is 10.2 Å². The molecule has 0 aromatic heterocycles. The van der Waals surface area contributed by atoms with E-state index >= 15 is 0 Å². The molecule has 1 saturated heterocycles. The summed E-state index contributed by atoms with van der Waals surface area (Å²) in [7, 11) is 0. The number of carbonyl (C=O) groups is 1. The highest BCUT2D eigenvalue weighted by Gasteiger charge is 2.48. The predicted octanol–water partition coefficient (Wildman–Crippen LogP) is 3.11. The van der Waals surface area contributed by atoms with Crippen LogP contribution in [0.5, 0.6) is 0 Å². The van der Waals surface area contributed by atoms with E-state index in [1.807, 2.05) is 0 Å². The van der Waals surface area contributed by atoms with Gasteiger partial charge in [0.2, 0.25) is 5.91 Å². The van der Waals surface area contributed by atoms with Crippen molar-refractivity contribution in [2.45, 2.75) is 44.1 Å². The largest absolute Gasteiger partial charge is 0.349 e. The van der Waals surface area contributed by atoms with Gasteiger partial charge in [-0.05, 0) is 52.3 Å². The van der Waals surface area contributed by atoms with E-state index in [2.05, 4.69) is 10.2 Å². The molecule has 2 fully saturated rings. The van der Waals surface area contributed by atoms with E-state index in [-0.39, 0.29) is 16.5 Å². The number of hydrogen-bond donors (Lipinski definition) is 1. The van der Waals surface area contributed by atoms with Gasteiger partial charge in [-0.2, -0.15) is 0 Å². The Balaban J connectivity index is 1.74. The van der Waals surface area contributed by atoms with Crippen molar-refractivity contribution in [1.82, 2.24) is 10.2 Å². The van der Waals surface area contributed by atoms with E-state index in [4.69, 9.17) is 11.6 Å². The van der Waals surface area contributed by atoms with Gasteiger partial charge >= 0.3 is 0 Å². The number of rotatable bonds is 5. The van der Waals surface area contributed by atoms with Crippen molar-refractivity contribution in [3.05, 3.63) is 34.6 Å². The third-order valence-corrected chi connectivity index (χ3v) is 5.19. The van der Waals surface area contributed by atoms with Crippen LogP contribution in [0.15, 0.2) is 18.2 Å². The van der Waals surface area contributed by atoms with Crippen molar-refractivity contribution < 1.29 is 9.18 Å². The van der Waals surface area contributed by atoms with E-state index in [0.717, 1.165) is 32.5 Å². The van der Waals surface area contributed by atoms with Crippen LogP contribution < -0.4 is 5.32 Å². The molecule has 0 bridgehead atoms. The van der Waals surface area contributed by atoms with Gasteiger partial charge in [-0.25, -0.2) is 4.39 Å². The van der Waals surface area contributed by atoms with Crippen molar-refractivity contribution in [1.29, 1.82) is 0 Å². The van der Waals surface area contributed by atoms with Gasteiger partial charge in [-0.15, -0.1) is 0 Å². The quantitative estimate of drug-likeness (QED) is 0.902. The van der Waals surface area contributed by atoms with E-state index in [0.29, 0.717) is 5.56 Å². The first-order valence-electron chi connectivity index (χ1n) is 7.84. The topological polar surface area (TPSA) is 32.3 Å². The van der Waals surface area contributed by atoms with Crippen molar-refractivity contribution in [2.24, 2.45) is 0 Å². The van der Waals surface area contributed by atoms with Gasteiger partial charge in [0.25, 0.3) is 0 Å². The van der Waals surface area contributed by atoms with Crippen molar-refractivity contribution in [3.8, 4) is 0 Å². The zero-order chi connectivity index (χ0) is 16.0. The monoisotopic (exact) mass is 324 g/mol. The fourth-order valence-electron chi connectivity index (χ4n) is 2.95. The first kappa shape index (κ1) is 15.8. The highest BCUT2D eigenvalue weighted by atomic mass is 35.5.